The summed E-state index contributed by atoms with van der Waals surface area (Å²) in [5.41, 5.74) is 1.40. The molecule has 0 amide bonds. The summed E-state index contributed by atoms with van der Waals surface area (Å²) < 4.78 is 7.07. The van der Waals surface area contributed by atoms with Crippen molar-refractivity contribution < 1.29 is 9.53 Å². The molecule has 1 unspecified atom stereocenters. The largest absolute Gasteiger partial charge is 0.453 e. The molecule has 0 bridgehead atoms. The van der Waals surface area contributed by atoms with Gasteiger partial charge in [0.2, 0.25) is 0 Å². The summed E-state index contributed by atoms with van der Waals surface area (Å²) in [6, 6.07) is 0. The Balaban J connectivity index is 2.12. The summed E-state index contributed by atoms with van der Waals surface area (Å²) in [5, 5.41) is 5.04. The quantitative estimate of drug-likeness (QED) is 0.812. The van der Waals surface area contributed by atoms with Gasteiger partial charge in [-0.05, 0) is 13.8 Å². The van der Waals surface area contributed by atoms with Crippen LogP contribution in [0.2, 0.25) is 0 Å². The monoisotopic (exact) mass is 293 g/mol. The van der Waals surface area contributed by atoms with Crippen LogP contribution in [-0.2, 0) is 11.8 Å². The van der Waals surface area contributed by atoms with E-state index in [1.807, 2.05) is 13.8 Å². The molecule has 0 saturated carbocycles. The number of hydrogen-bond donors (Lipinski definition) is 0. The maximum absolute atomic E-state index is 12.0. The van der Waals surface area contributed by atoms with E-state index in [4.69, 9.17) is 4.74 Å². The van der Waals surface area contributed by atoms with Gasteiger partial charge in [0.05, 0.1) is 27.3 Å². The van der Waals surface area contributed by atoms with Crippen molar-refractivity contribution >= 4 is 17.3 Å². The van der Waals surface area contributed by atoms with Gasteiger partial charge in [0, 0.05) is 19.2 Å². The number of aromatic nitrogens is 3. The molecule has 0 spiro atoms. The van der Waals surface area contributed by atoms with E-state index in [-0.39, 0.29) is 12.1 Å². The van der Waals surface area contributed by atoms with Crippen LogP contribution in [0.4, 0.5) is 0 Å². The van der Waals surface area contributed by atoms with Crippen LogP contribution in [0.3, 0.4) is 0 Å². The van der Waals surface area contributed by atoms with Gasteiger partial charge in [-0.1, -0.05) is 13.8 Å². The maximum Gasteiger partial charge on any atom is 0.341 e. The van der Waals surface area contributed by atoms with Gasteiger partial charge in [-0.25, -0.2) is 9.78 Å². The van der Waals surface area contributed by atoms with Crippen LogP contribution in [0.5, 0.6) is 0 Å². The third-order valence-electron chi connectivity index (χ3n) is 2.94. The highest BCUT2D eigenvalue weighted by Crippen LogP contribution is 2.31. The van der Waals surface area contributed by atoms with Gasteiger partial charge in [-0.15, -0.1) is 11.3 Å². The lowest BCUT2D eigenvalue weighted by molar-refractivity contribution is 0.0343. The molecule has 108 valence electrons. The average molecular weight is 293 g/mol. The first-order valence-corrected chi connectivity index (χ1v) is 7.37. The molecule has 0 aliphatic rings. The molecule has 0 radical (unpaired) electrons. The Morgan fingerprint density at radius 3 is 2.60 bits per heavy atom. The second-order valence-electron chi connectivity index (χ2n) is 5.11. The van der Waals surface area contributed by atoms with Gasteiger partial charge in [-0.3, -0.25) is 4.68 Å². The lowest BCUT2D eigenvalue weighted by Crippen LogP contribution is -2.08. The predicted molar refractivity (Wildman–Crippen MR) is 78.0 cm³/mol. The Morgan fingerprint density at radius 1 is 1.40 bits per heavy atom. The van der Waals surface area contributed by atoms with Crippen molar-refractivity contribution in [2.75, 3.05) is 0 Å². The number of hydrogen-bond acceptors (Lipinski definition) is 5. The van der Waals surface area contributed by atoms with E-state index in [1.165, 1.54) is 6.20 Å². The number of esters is 1. The Hall–Kier alpha value is -1.69. The zero-order valence-corrected chi connectivity index (χ0v) is 13.2. The minimum Gasteiger partial charge on any atom is -0.453 e. The van der Waals surface area contributed by atoms with E-state index in [1.54, 1.807) is 29.3 Å². The third kappa shape index (κ3) is 3.07. The van der Waals surface area contributed by atoms with Gasteiger partial charge in [-0.2, -0.15) is 5.10 Å². The predicted octanol–water partition coefficient (Wildman–Crippen LogP) is 3.23. The zero-order valence-electron chi connectivity index (χ0n) is 12.4. The minimum atomic E-state index is -0.357. The molecule has 2 rings (SSSR count). The average Bonchev–Trinajstić information content (AvgIpc) is 2.95. The van der Waals surface area contributed by atoms with Crippen LogP contribution in [-0.4, -0.2) is 20.7 Å². The molecular formula is C14H19N3O2S. The van der Waals surface area contributed by atoms with E-state index >= 15 is 0 Å². The Labute approximate surface area is 122 Å². The number of ether oxygens (including phenoxy) is 1. The number of carbonyl (C=O) groups excluding carboxylic acids is 1. The van der Waals surface area contributed by atoms with E-state index in [9.17, 15) is 4.79 Å². The van der Waals surface area contributed by atoms with Crippen LogP contribution in [0.25, 0.3) is 0 Å². The van der Waals surface area contributed by atoms with Gasteiger partial charge in [0.25, 0.3) is 0 Å². The van der Waals surface area contributed by atoms with Gasteiger partial charge in [0.15, 0.2) is 0 Å². The molecule has 6 heteroatoms. The lowest BCUT2D eigenvalue weighted by atomic mass is 10.2. The number of aryl methyl sites for hydroxylation is 2. The smallest absolute Gasteiger partial charge is 0.341 e. The summed E-state index contributed by atoms with van der Waals surface area (Å²) in [5.74, 6) is 0.0261. The summed E-state index contributed by atoms with van der Waals surface area (Å²) in [7, 11) is 1.77. The molecule has 2 heterocycles. The van der Waals surface area contributed by atoms with Crippen molar-refractivity contribution in [1.82, 2.24) is 14.8 Å². The summed E-state index contributed by atoms with van der Waals surface area (Å²) in [4.78, 5) is 17.5. The fourth-order valence-electron chi connectivity index (χ4n) is 1.86. The summed E-state index contributed by atoms with van der Waals surface area (Å²) in [6.45, 7) is 8.04. The molecule has 0 aromatic carbocycles. The molecule has 20 heavy (non-hydrogen) atoms. The first kappa shape index (κ1) is 14.7. The van der Waals surface area contributed by atoms with Gasteiger partial charge in [0.1, 0.15) is 6.10 Å². The second-order valence-corrected chi connectivity index (χ2v) is 6.17. The second kappa shape index (κ2) is 5.75. The normalized spacial score (nSPS) is 12.7. The van der Waals surface area contributed by atoms with E-state index < -0.39 is 0 Å². The molecule has 2 aromatic heterocycles. The van der Waals surface area contributed by atoms with E-state index in [0.29, 0.717) is 11.5 Å². The van der Waals surface area contributed by atoms with E-state index in [0.717, 1.165) is 15.6 Å². The number of carbonyl (C=O) groups is 1. The third-order valence-corrected chi connectivity index (χ3v) is 4.56. The van der Waals surface area contributed by atoms with Crippen molar-refractivity contribution in [3.8, 4) is 0 Å². The molecule has 0 fully saturated rings. The van der Waals surface area contributed by atoms with Crippen LogP contribution in [0.1, 0.15) is 58.7 Å². The standard InChI is InChI=1S/C14H19N3O2S/c1-8(2)13-16-9(3)12(20-13)10(4)19-14(18)11-6-15-17(5)7-11/h6-8,10H,1-5H3. The van der Waals surface area contributed by atoms with Gasteiger partial charge < -0.3 is 4.74 Å². The topological polar surface area (TPSA) is 57.0 Å². The maximum atomic E-state index is 12.0. The van der Waals surface area contributed by atoms with Crippen molar-refractivity contribution in [3.63, 3.8) is 0 Å². The molecule has 1 atom stereocenters. The Bertz CT molecular complexity index is 616. The zero-order chi connectivity index (χ0) is 14.9. The molecule has 0 aliphatic carbocycles. The molecular weight excluding hydrogens is 274 g/mol. The van der Waals surface area contributed by atoms with Crippen LogP contribution in [0.15, 0.2) is 12.4 Å². The Kier molecular flexibility index (Phi) is 4.23. The molecule has 0 saturated heterocycles. The number of rotatable bonds is 4. The minimum absolute atomic E-state index is 0.298. The fourth-order valence-corrected chi connectivity index (χ4v) is 2.91. The molecule has 0 aliphatic heterocycles. The fraction of sp³-hybridized carbons (Fsp3) is 0.500. The van der Waals surface area contributed by atoms with E-state index in [2.05, 4.69) is 23.9 Å². The molecule has 5 nitrogen and oxygen atoms in total. The van der Waals surface area contributed by atoms with Crippen molar-refractivity contribution in [2.45, 2.75) is 39.7 Å². The molecule has 0 N–H and O–H groups in total. The first-order chi connectivity index (χ1) is 9.38. The summed E-state index contributed by atoms with van der Waals surface area (Å²) in [6.07, 6.45) is 2.86. The lowest BCUT2D eigenvalue weighted by Gasteiger charge is -2.11. The highest BCUT2D eigenvalue weighted by molar-refractivity contribution is 7.11. The van der Waals surface area contributed by atoms with Crippen molar-refractivity contribution in [3.05, 3.63) is 33.5 Å². The Morgan fingerprint density at radius 2 is 2.10 bits per heavy atom. The van der Waals surface area contributed by atoms with Crippen molar-refractivity contribution in [1.29, 1.82) is 0 Å². The highest BCUT2D eigenvalue weighted by atomic mass is 32.1. The van der Waals surface area contributed by atoms with Crippen molar-refractivity contribution in [2.24, 2.45) is 7.05 Å². The highest BCUT2D eigenvalue weighted by Gasteiger charge is 2.20. The summed E-state index contributed by atoms with van der Waals surface area (Å²) >= 11 is 1.61. The first-order valence-electron chi connectivity index (χ1n) is 6.55. The SMILES string of the molecule is Cc1nc(C(C)C)sc1C(C)OC(=O)c1cnn(C)c1. The van der Waals surface area contributed by atoms with Crippen LogP contribution in [0, 0.1) is 6.92 Å². The number of nitrogens with zero attached hydrogens (tertiary/aromatic N) is 3. The molecule has 2 aromatic rings. The van der Waals surface area contributed by atoms with Gasteiger partial charge >= 0.3 is 5.97 Å². The van der Waals surface area contributed by atoms with Crippen LogP contribution < -0.4 is 0 Å². The van der Waals surface area contributed by atoms with Crippen LogP contribution >= 0.6 is 11.3 Å². The number of thiazole rings is 1.